The van der Waals surface area contributed by atoms with E-state index in [1.165, 1.54) is 13.2 Å². The Kier molecular flexibility index (Phi) is 6.01. The van der Waals surface area contributed by atoms with Gasteiger partial charge in [0.25, 0.3) is 0 Å². The monoisotopic (exact) mass is 358 g/mol. The molecule has 0 aliphatic carbocycles. The first-order chi connectivity index (χ1) is 12.7. The topological polar surface area (TPSA) is 57.7 Å². The number of carbonyl (C=O) groups excluding carboxylic acids is 1. The molecular weight excluding hydrogens is 335 g/mol. The third-order valence-electron chi connectivity index (χ3n) is 4.64. The number of hydrogen-bond donors (Lipinski definition) is 1. The summed E-state index contributed by atoms with van der Waals surface area (Å²) in [4.78, 5) is 20.0. The molecule has 1 N–H and O–H groups in total. The van der Waals surface area contributed by atoms with E-state index < -0.39 is 6.09 Å². The van der Waals surface area contributed by atoms with Gasteiger partial charge in [0.05, 0.1) is 18.8 Å². The molecule has 1 aliphatic heterocycles. The van der Waals surface area contributed by atoms with E-state index >= 15 is 0 Å². The molecule has 1 aromatic heterocycles. The first-order valence-corrected chi connectivity index (χ1v) is 8.64. The summed E-state index contributed by atoms with van der Waals surface area (Å²) < 4.78 is 18.7. The summed E-state index contributed by atoms with van der Waals surface area (Å²) in [6.07, 6.45) is 3.08. The molecule has 2 aromatic rings. The van der Waals surface area contributed by atoms with Crippen molar-refractivity contribution in [1.82, 2.24) is 15.2 Å². The van der Waals surface area contributed by atoms with Gasteiger partial charge in [-0.2, -0.15) is 0 Å². The average Bonchev–Trinajstić information content (AvgIpc) is 2.70. The van der Waals surface area contributed by atoms with Crippen LogP contribution in [0.25, 0.3) is 0 Å². The second kappa shape index (κ2) is 8.62. The summed E-state index contributed by atoms with van der Waals surface area (Å²) in [5, 5.41) is 2.78. The molecule has 0 saturated carbocycles. The summed E-state index contributed by atoms with van der Waals surface area (Å²) in [5.41, 5.74) is 1.67. The minimum atomic E-state index is -0.455. The van der Waals surface area contributed by atoms with Gasteiger partial charge in [-0.3, -0.25) is 9.88 Å². The minimum Gasteiger partial charge on any atom is -0.453 e. The third-order valence-corrected chi connectivity index (χ3v) is 4.64. The molecular formula is C19H23FN4O2. The fourth-order valence-corrected chi connectivity index (χ4v) is 3.27. The highest BCUT2D eigenvalue weighted by molar-refractivity contribution is 5.66. The van der Waals surface area contributed by atoms with Crippen LogP contribution in [0, 0.1) is 5.82 Å². The van der Waals surface area contributed by atoms with E-state index in [9.17, 15) is 9.18 Å². The van der Waals surface area contributed by atoms with Gasteiger partial charge in [-0.05, 0) is 23.8 Å². The average molecular weight is 358 g/mol. The van der Waals surface area contributed by atoms with Crippen molar-refractivity contribution in [2.45, 2.75) is 6.04 Å². The second-order valence-electron chi connectivity index (χ2n) is 6.15. The molecule has 138 valence electrons. The van der Waals surface area contributed by atoms with Crippen molar-refractivity contribution in [3.05, 3.63) is 60.2 Å². The normalized spacial score (nSPS) is 16.2. The van der Waals surface area contributed by atoms with Crippen LogP contribution in [0.5, 0.6) is 0 Å². The predicted octanol–water partition coefficient (Wildman–Crippen LogP) is 2.44. The molecule has 1 aromatic carbocycles. The van der Waals surface area contributed by atoms with Crippen LogP contribution in [0.2, 0.25) is 0 Å². The van der Waals surface area contributed by atoms with E-state index in [2.05, 4.69) is 24.8 Å². The van der Waals surface area contributed by atoms with Crippen molar-refractivity contribution < 1.29 is 13.9 Å². The maximum Gasteiger partial charge on any atom is 0.406 e. The molecule has 6 nitrogen and oxygen atoms in total. The van der Waals surface area contributed by atoms with E-state index in [-0.39, 0.29) is 11.9 Å². The zero-order valence-corrected chi connectivity index (χ0v) is 14.8. The lowest BCUT2D eigenvalue weighted by Crippen LogP contribution is -2.50. The molecule has 2 heterocycles. The van der Waals surface area contributed by atoms with Crippen LogP contribution in [-0.4, -0.2) is 55.8 Å². The first kappa shape index (κ1) is 18.1. The van der Waals surface area contributed by atoms with Crippen LogP contribution in [0.15, 0.2) is 48.8 Å². The van der Waals surface area contributed by atoms with Crippen LogP contribution in [0.4, 0.5) is 14.9 Å². The van der Waals surface area contributed by atoms with Crippen molar-refractivity contribution in [1.29, 1.82) is 0 Å². The smallest absolute Gasteiger partial charge is 0.406 e. The van der Waals surface area contributed by atoms with Gasteiger partial charge in [0.2, 0.25) is 0 Å². The number of pyridine rings is 1. The zero-order valence-electron chi connectivity index (χ0n) is 14.8. The maximum atomic E-state index is 14.0. The molecule has 0 unspecified atom stereocenters. The fourth-order valence-electron chi connectivity index (χ4n) is 3.27. The van der Waals surface area contributed by atoms with Gasteiger partial charge in [0, 0.05) is 45.1 Å². The van der Waals surface area contributed by atoms with Crippen LogP contribution >= 0.6 is 0 Å². The summed E-state index contributed by atoms with van der Waals surface area (Å²) in [6, 6.07) is 10.7. The standard InChI is InChI=1S/C19H23FN4O2/c1-26-19(25)22-14-18(15-5-4-8-21-13-15)24-11-9-23(10-12-24)17-7-3-2-6-16(17)20/h2-8,13,18H,9-12,14H2,1H3,(H,22,25)/t18-/m0/s1. The Morgan fingerprint density at radius 3 is 2.65 bits per heavy atom. The molecule has 1 aliphatic rings. The number of ether oxygens (including phenoxy) is 1. The number of anilines is 1. The van der Waals surface area contributed by atoms with Crippen molar-refractivity contribution >= 4 is 11.8 Å². The first-order valence-electron chi connectivity index (χ1n) is 8.64. The van der Waals surface area contributed by atoms with E-state index in [1.54, 1.807) is 12.3 Å². The van der Waals surface area contributed by atoms with Crippen molar-refractivity contribution in [2.24, 2.45) is 0 Å². The molecule has 1 atom stereocenters. The summed E-state index contributed by atoms with van der Waals surface area (Å²) in [6.45, 7) is 3.39. The Morgan fingerprint density at radius 1 is 1.23 bits per heavy atom. The van der Waals surface area contributed by atoms with Crippen LogP contribution in [-0.2, 0) is 4.74 Å². The number of hydrogen-bond acceptors (Lipinski definition) is 5. The molecule has 0 radical (unpaired) electrons. The number of halogens is 1. The molecule has 1 saturated heterocycles. The molecule has 0 bridgehead atoms. The number of benzene rings is 1. The van der Waals surface area contributed by atoms with Gasteiger partial charge in [-0.25, -0.2) is 9.18 Å². The van der Waals surface area contributed by atoms with Crippen molar-refractivity contribution in [2.75, 3.05) is 44.7 Å². The van der Waals surface area contributed by atoms with E-state index in [4.69, 9.17) is 0 Å². The number of para-hydroxylation sites is 1. The Morgan fingerprint density at radius 2 is 2.00 bits per heavy atom. The Balaban J connectivity index is 1.68. The third kappa shape index (κ3) is 4.29. The molecule has 3 rings (SSSR count). The lowest BCUT2D eigenvalue weighted by Gasteiger charge is -2.40. The highest BCUT2D eigenvalue weighted by Crippen LogP contribution is 2.25. The van der Waals surface area contributed by atoms with Gasteiger partial charge in [-0.1, -0.05) is 18.2 Å². The van der Waals surface area contributed by atoms with Crippen LogP contribution < -0.4 is 10.2 Å². The Bertz CT molecular complexity index is 720. The summed E-state index contributed by atoms with van der Waals surface area (Å²) >= 11 is 0. The number of nitrogens with zero attached hydrogens (tertiary/aromatic N) is 3. The van der Waals surface area contributed by atoms with Gasteiger partial charge >= 0.3 is 6.09 Å². The summed E-state index contributed by atoms with van der Waals surface area (Å²) in [7, 11) is 1.35. The lowest BCUT2D eigenvalue weighted by molar-refractivity contribution is 0.154. The number of aromatic nitrogens is 1. The highest BCUT2D eigenvalue weighted by atomic mass is 19.1. The number of rotatable bonds is 5. The maximum absolute atomic E-state index is 14.0. The molecule has 26 heavy (non-hydrogen) atoms. The molecule has 1 amide bonds. The van der Waals surface area contributed by atoms with E-state index in [0.717, 1.165) is 31.7 Å². The number of nitrogens with one attached hydrogen (secondary N) is 1. The minimum absolute atomic E-state index is 0.00873. The zero-order chi connectivity index (χ0) is 18.4. The largest absolute Gasteiger partial charge is 0.453 e. The molecule has 7 heteroatoms. The number of methoxy groups -OCH3 is 1. The predicted molar refractivity (Wildman–Crippen MR) is 97.6 cm³/mol. The molecule has 1 fully saturated rings. The fraction of sp³-hybridized carbons (Fsp3) is 0.368. The number of carbonyl (C=O) groups is 1. The number of amides is 1. The SMILES string of the molecule is COC(=O)NC[C@@H](c1cccnc1)N1CCN(c2ccccc2F)CC1. The van der Waals surface area contributed by atoms with Crippen LogP contribution in [0.3, 0.4) is 0 Å². The Hall–Kier alpha value is -2.67. The van der Waals surface area contributed by atoms with E-state index in [1.807, 2.05) is 30.5 Å². The van der Waals surface area contributed by atoms with Gasteiger partial charge in [0.15, 0.2) is 0 Å². The number of alkyl carbamates (subject to hydrolysis) is 1. The number of piperazine rings is 1. The lowest BCUT2D eigenvalue weighted by atomic mass is 10.1. The quantitative estimate of drug-likeness (QED) is 0.890. The Labute approximate surface area is 152 Å². The van der Waals surface area contributed by atoms with Gasteiger partial charge in [-0.15, -0.1) is 0 Å². The van der Waals surface area contributed by atoms with Crippen molar-refractivity contribution in [3.8, 4) is 0 Å². The van der Waals surface area contributed by atoms with Crippen molar-refractivity contribution in [3.63, 3.8) is 0 Å². The van der Waals surface area contributed by atoms with Gasteiger partial charge < -0.3 is 15.0 Å². The second-order valence-corrected chi connectivity index (χ2v) is 6.15. The van der Waals surface area contributed by atoms with Crippen LogP contribution in [0.1, 0.15) is 11.6 Å². The molecule has 0 spiro atoms. The summed E-state index contributed by atoms with van der Waals surface area (Å²) in [5.74, 6) is -0.197. The van der Waals surface area contributed by atoms with Gasteiger partial charge in [0.1, 0.15) is 5.82 Å². The van der Waals surface area contributed by atoms with E-state index in [0.29, 0.717) is 12.2 Å². The highest BCUT2D eigenvalue weighted by Gasteiger charge is 2.26.